The van der Waals surface area contributed by atoms with Gasteiger partial charge in [-0.1, -0.05) is 27.2 Å². The molecule has 100 valence electrons. The molecule has 0 spiro atoms. The van der Waals surface area contributed by atoms with Gasteiger partial charge in [-0.15, -0.1) is 0 Å². The lowest BCUT2D eigenvalue weighted by Crippen LogP contribution is -2.28. The molecular formula is C13H25NO3. The van der Waals surface area contributed by atoms with Gasteiger partial charge in [0.05, 0.1) is 0 Å². The smallest absolute Gasteiger partial charge is 0.303 e. The van der Waals surface area contributed by atoms with Crippen LogP contribution in [0.15, 0.2) is 0 Å². The average molecular weight is 243 g/mol. The van der Waals surface area contributed by atoms with Crippen molar-refractivity contribution in [3.8, 4) is 0 Å². The Labute approximate surface area is 104 Å². The van der Waals surface area contributed by atoms with Crippen LogP contribution in [0.5, 0.6) is 0 Å². The van der Waals surface area contributed by atoms with Crippen molar-refractivity contribution in [2.45, 2.75) is 59.3 Å². The number of hydrogen-bond donors (Lipinski definition) is 2. The van der Waals surface area contributed by atoms with E-state index in [9.17, 15) is 9.59 Å². The van der Waals surface area contributed by atoms with E-state index in [2.05, 4.69) is 12.2 Å². The zero-order chi connectivity index (χ0) is 13.3. The molecule has 0 aliphatic heterocycles. The quantitative estimate of drug-likeness (QED) is 0.654. The highest BCUT2D eigenvalue weighted by Crippen LogP contribution is 2.25. The van der Waals surface area contributed by atoms with E-state index in [1.807, 2.05) is 13.8 Å². The van der Waals surface area contributed by atoms with Crippen LogP contribution >= 0.6 is 0 Å². The molecule has 0 aromatic carbocycles. The Morgan fingerprint density at radius 1 is 1.18 bits per heavy atom. The van der Waals surface area contributed by atoms with Gasteiger partial charge in [-0.05, 0) is 24.7 Å². The minimum Gasteiger partial charge on any atom is -0.481 e. The number of amides is 1. The second-order valence-electron chi connectivity index (χ2n) is 5.26. The number of carbonyl (C=O) groups excluding carboxylic acids is 1. The van der Waals surface area contributed by atoms with Crippen LogP contribution < -0.4 is 5.32 Å². The van der Waals surface area contributed by atoms with Gasteiger partial charge in [-0.3, -0.25) is 9.59 Å². The fraction of sp³-hybridized carbons (Fsp3) is 0.846. The topological polar surface area (TPSA) is 66.4 Å². The van der Waals surface area contributed by atoms with Gasteiger partial charge in [0, 0.05) is 19.4 Å². The average Bonchev–Trinajstić information content (AvgIpc) is 2.23. The zero-order valence-corrected chi connectivity index (χ0v) is 11.2. The van der Waals surface area contributed by atoms with Crippen molar-refractivity contribution in [3.63, 3.8) is 0 Å². The second kappa shape index (κ2) is 8.09. The fourth-order valence-electron chi connectivity index (χ4n) is 1.54. The van der Waals surface area contributed by atoms with Crippen LogP contribution in [0.3, 0.4) is 0 Å². The molecule has 0 atom stereocenters. The second-order valence-corrected chi connectivity index (χ2v) is 5.26. The SMILES string of the molecule is CCCCC(=O)NCCC(C)(C)CCC(=O)O. The number of nitrogens with one attached hydrogen (secondary N) is 1. The molecule has 0 radical (unpaired) electrons. The third-order valence-electron chi connectivity index (χ3n) is 2.90. The van der Waals surface area contributed by atoms with Gasteiger partial charge in [-0.2, -0.15) is 0 Å². The van der Waals surface area contributed by atoms with Crippen molar-refractivity contribution < 1.29 is 14.7 Å². The molecule has 0 unspecified atom stereocenters. The summed E-state index contributed by atoms with van der Waals surface area (Å²) in [7, 11) is 0. The number of hydrogen-bond acceptors (Lipinski definition) is 2. The number of aliphatic carboxylic acids is 1. The van der Waals surface area contributed by atoms with Crippen molar-refractivity contribution in [3.05, 3.63) is 0 Å². The summed E-state index contributed by atoms with van der Waals surface area (Å²) in [6.07, 6.45) is 4.19. The molecule has 0 fully saturated rings. The molecule has 2 N–H and O–H groups in total. The Hall–Kier alpha value is -1.06. The molecule has 0 bridgehead atoms. The minimum atomic E-state index is -0.759. The van der Waals surface area contributed by atoms with Crippen LogP contribution in [0.2, 0.25) is 0 Å². The molecule has 17 heavy (non-hydrogen) atoms. The summed E-state index contributed by atoms with van der Waals surface area (Å²) >= 11 is 0. The predicted octanol–water partition coefficient (Wildman–Crippen LogP) is 2.57. The lowest BCUT2D eigenvalue weighted by atomic mass is 9.84. The van der Waals surface area contributed by atoms with Crippen molar-refractivity contribution in [2.24, 2.45) is 5.41 Å². The van der Waals surface area contributed by atoms with E-state index in [0.717, 1.165) is 19.3 Å². The van der Waals surface area contributed by atoms with Gasteiger partial charge in [-0.25, -0.2) is 0 Å². The van der Waals surface area contributed by atoms with Gasteiger partial charge >= 0.3 is 5.97 Å². The third kappa shape index (κ3) is 9.85. The van der Waals surface area contributed by atoms with E-state index in [-0.39, 0.29) is 17.7 Å². The number of unbranched alkanes of at least 4 members (excludes halogenated alkanes) is 1. The van der Waals surface area contributed by atoms with E-state index in [0.29, 0.717) is 19.4 Å². The highest BCUT2D eigenvalue weighted by Gasteiger charge is 2.18. The maximum atomic E-state index is 11.3. The van der Waals surface area contributed by atoms with Crippen LogP contribution in [0.1, 0.15) is 59.3 Å². The van der Waals surface area contributed by atoms with E-state index in [1.54, 1.807) is 0 Å². The van der Waals surface area contributed by atoms with Crippen LogP contribution in [0, 0.1) is 5.41 Å². The number of carbonyl (C=O) groups is 2. The van der Waals surface area contributed by atoms with Crippen LogP contribution in [-0.2, 0) is 9.59 Å². The monoisotopic (exact) mass is 243 g/mol. The van der Waals surface area contributed by atoms with E-state index >= 15 is 0 Å². The molecule has 4 nitrogen and oxygen atoms in total. The molecule has 0 saturated heterocycles. The van der Waals surface area contributed by atoms with Crippen LogP contribution in [0.4, 0.5) is 0 Å². The van der Waals surface area contributed by atoms with Crippen molar-refractivity contribution >= 4 is 11.9 Å². The Morgan fingerprint density at radius 2 is 1.82 bits per heavy atom. The van der Waals surface area contributed by atoms with E-state index in [4.69, 9.17) is 5.11 Å². The van der Waals surface area contributed by atoms with Gasteiger partial charge in [0.1, 0.15) is 0 Å². The lowest BCUT2D eigenvalue weighted by Gasteiger charge is -2.23. The Balaban J connectivity index is 3.70. The lowest BCUT2D eigenvalue weighted by molar-refractivity contribution is -0.137. The normalized spacial score (nSPS) is 11.2. The Kier molecular flexibility index (Phi) is 7.59. The van der Waals surface area contributed by atoms with Crippen molar-refractivity contribution in [1.29, 1.82) is 0 Å². The molecule has 0 heterocycles. The third-order valence-corrected chi connectivity index (χ3v) is 2.90. The van der Waals surface area contributed by atoms with Crippen molar-refractivity contribution in [2.75, 3.05) is 6.54 Å². The first-order valence-electron chi connectivity index (χ1n) is 6.36. The highest BCUT2D eigenvalue weighted by atomic mass is 16.4. The molecule has 0 rings (SSSR count). The maximum Gasteiger partial charge on any atom is 0.303 e. The molecule has 0 aliphatic carbocycles. The van der Waals surface area contributed by atoms with Gasteiger partial charge in [0.25, 0.3) is 0 Å². The summed E-state index contributed by atoms with van der Waals surface area (Å²) in [6, 6.07) is 0. The largest absolute Gasteiger partial charge is 0.481 e. The molecule has 0 aromatic heterocycles. The first-order valence-corrected chi connectivity index (χ1v) is 6.36. The van der Waals surface area contributed by atoms with Gasteiger partial charge in [0.2, 0.25) is 5.91 Å². The minimum absolute atomic E-state index is 0.0313. The van der Waals surface area contributed by atoms with E-state index in [1.165, 1.54) is 0 Å². The highest BCUT2D eigenvalue weighted by molar-refractivity contribution is 5.75. The number of carboxylic acid groups (broad SMARTS) is 1. The summed E-state index contributed by atoms with van der Waals surface area (Å²) in [5, 5.41) is 11.5. The summed E-state index contributed by atoms with van der Waals surface area (Å²) in [5.41, 5.74) is -0.0313. The fourth-order valence-corrected chi connectivity index (χ4v) is 1.54. The van der Waals surface area contributed by atoms with Gasteiger partial charge in [0.15, 0.2) is 0 Å². The van der Waals surface area contributed by atoms with Crippen molar-refractivity contribution in [1.82, 2.24) is 5.32 Å². The van der Waals surface area contributed by atoms with E-state index < -0.39 is 5.97 Å². The number of rotatable bonds is 9. The maximum absolute atomic E-state index is 11.3. The van der Waals surface area contributed by atoms with Crippen LogP contribution in [0.25, 0.3) is 0 Å². The summed E-state index contributed by atoms with van der Waals surface area (Å²) in [6.45, 7) is 6.76. The predicted molar refractivity (Wildman–Crippen MR) is 67.8 cm³/mol. The zero-order valence-electron chi connectivity index (χ0n) is 11.2. The Bertz CT molecular complexity index is 249. The standard InChI is InChI=1S/C13H25NO3/c1-4-5-6-11(15)14-10-9-13(2,3)8-7-12(16)17/h4-10H2,1-3H3,(H,14,15)(H,16,17). The summed E-state index contributed by atoms with van der Waals surface area (Å²) in [4.78, 5) is 21.8. The molecule has 1 amide bonds. The molecule has 0 aromatic rings. The van der Waals surface area contributed by atoms with Crippen LogP contribution in [-0.4, -0.2) is 23.5 Å². The molecular weight excluding hydrogens is 218 g/mol. The number of carboxylic acids is 1. The first-order chi connectivity index (χ1) is 7.87. The molecule has 0 saturated carbocycles. The summed E-state index contributed by atoms with van der Waals surface area (Å²) in [5.74, 6) is -0.661. The molecule has 0 aliphatic rings. The Morgan fingerprint density at radius 3 is 2.35 bits per heavy atom. The molecule has 4 heteroatoms. The van der Waals surface area contributed by atoms with Gasteiger partial charge < -0.3 is 10.4 Å². The summed E-state index contributed by atoms with van der Waals surface area (Å²) < 4.78 is 0. The first kappa shape index (κ1) is 15.9.